The van der Waals surface area contributed by atoms with E-state index in [0.29, 0.717) is 104 Å². The van der Waals surface area contributed by atoms with Crippen molar-refractivity contribution in [2.24, 2.45) is 5.92 Å². The van der Waals surface area contributed by atoms with Crippen molar-refractivity contribution in [1.29, 1.82) is 0 Å². The Bertz CT molecular complexity index is 3240. The third kappa shape index (κ3) is 9.64. The summed E-state index contributed by atoms with van der Waals surface area (Å²) in [6.45, 7) is 4.38. The number of anilines is 7. The van der Waals surface area contributed by atoms with Crippen molar-refractivity contribution in [3.8, 4) is 11.3 Å². The van der Waals surface area contributed by atoms with Gasteiger partial charge in [-0.25, -0.2) is 24.3 Å². The van der Waals surface area contributed by atoms with Crippen LogP contribution in [0, 0.1) is 11.7 Å². The normalized spacial score (nSPS) is 21.1. The van der Waals surface area contributed by atoms with Crippen LogP contribution in [-0.4, -0.2) is 139 Å². The molecule has 19 nitrogen and oxygen atoms in total. The number of hydrogen-bond acceptors (Lipinski definition) is 16. The van der Waals surface area contributed by atoms with E-state index in [0.717, 1.165) is 30.8 Å². The maximum Gasteiger partial charge on any atom is 0.259 e. The number of morpholine rings is 1. The van der Waals surface area contributed by atoms with Gasteiger partial charge in [-0.3, -0.25) is 14.4 Å². The number of aliphatic hydroxyl groups is 3. The zero-order valence-electron chi connectivity index (χ0n) is 39.4. The standard InChI is InChI=1S/C52H55FN12O7/c53-37-6-3-30(22-35(37)40-23-41(48-38(58-40)9-14-54-50(48)69)59-45-7-4-31(25-56-45)62-17-11-33(66)12-18-62)52(71)65-20-21-72-44(29-65)36-28-63(19-13-43(36)68)32-5-8-46(57-26-32)60-42-24-47(64-16-1-2-34(67)27-64)61-39-10-15-55-51(70)49(39)42/h3-10,14-15,22-26,33-34,36,43-44,66-68H,1-2,11-13,16-21,27-29H2,(H,54,69)(H,55,70)(H,56,58,59)(H,57,60,61)/t34-,36?,43?,44?/m1/s1. The minimum Gasteiger partial charge on any atom is -0.393 e. The van der Waals surface area contributed by atoms with Gasteiger partial charge in [-0.1, -0.05) is 0 Å². The zero-order chi connectivity index (χ0) is 49.5. The first-order valence-corrected chi connectivity index (χ1v) is 24.5. The molecule has 0 saturated carbocycles. The third-order valence-corrected chi connectivity index (χ3v) is 14.4. The molecule has 0 radical (unpaired) electrons. The molecule has 7 N–H and O–H groups in total. The minimum absolute atomic E-state index is 0.0744. The van der Waals surface area contributed by atoms with Crippen LogP contribution in [0.25, 0.3) is 33.1 Å². The summed E-state index contributed by atoms with van der Waals surface area (Å²) in [7, 11) is 0. The van der Waals surface area contributed by atoms with E-state index in [4.69, 9.17) is 14.7 Å². The van der Waals surface area contributed by atoms with Gasteiger partial charge in [0, 0.05) is 87.9 Å². The maximum atomic E-state index is 15.9. The molecule has 4 aliphatic heterocycles. The third-order valence-electron chi connectivity index (χ3n) is 14.4. The quantitative estimate of drug-likeness (QED) is 0.0965. The lowest BCUT2D eigenvalue weighted by Gasteiger charge is -2.44. The number of halogens is 1. The van der Waals surface area contributed by atoms with Crippen LogP contribution < -0.4 is 36.5 Å². The molecule has 72 heavy (non-hydrogen) atoms. The zero-order valence-corrected chi connectivity index (χ0v) is 39.4. The van der Waals surface area contributed by atoms with Gasteiger partial charge in [0.2, 0.25) is 0 Å². The topological polar surface area (TPSA) is 241 Å². The first kappa shape index (κ1) is 46.8. The number of carbonyl (C=O) groups excluding carboxylic acids is 1. The average molecular weight is 979 g/mol. The van der Waals surface area contributed by atoms with Crippen molar-refractivity contribution in [2.75, 3.05) is 84.3 Å². The number of pyridine rings is 6. The molecule has 4 aliphatic rings. The Balaban J connectivity index is 0.782. The highest BCUT2D eigenvalue weighted by atomic mass is 19.1. The number of nitrogens with zero attached hydrogens (tertiary/aromatic N) is 8. The second-order valence-electron chi connectivity index (χ2n) is 19.1. The number of β-amino-alcohol motifs (C(OH)–C–C–N with tert-alkyl or cyclic N) is 1. The summed E-state index contributed by atoms with van der Waals surface area (Å²) < 4.78 is 22.1. The summed E-state index contributed by atoms with van der Waals surface area (Å²) in [5.74, 6) is 0.351. The number of fused-ring (bicyclic) bond motifs is 2. The Morgan fingerprint density at radius 3 is 2.03 bits per heavy atom. The second-order valence-corrected chi connectivity index (χ2v) is 19.1. The van der Waals surface area contributed by atoms with Gasteiger partial charge in [-0.15, -0.1) is 0 Å². The number of carbonyl (C=O) groups is 1. The molecule has 4 saturated heterocycles. The van der Waals surface area contributed by atoms with Crippen LogP contribution in [0.3, 0.4) is 0 Å². The highest BCUT2D eigenvalue weighted by Gasteiger charge is 2.39. The first-order chi connectivity index (χ1) is 35.0. The van der Waals surface area contributed by atoms with E-state index in [9.17, 15) is 29.7 Å². The molecule has 4 fully saturated rings. The van der Waals surface area contributed by atoms with Crippen molar-refractivity contribution in [3.63, 3.8) is 0 Å². The number of aromatic nitrogens is 6. The monoisotopic (exact) mass is 978 g/mol. The van der Waals surface area contributed by atoms with E-state index in [-0.39, 0.29) is 58.8 Å². The summed E-state index contributed by atoms with van der Waals surface area (Å²) in [4.78, 5) is 72.7. The largest absolute Gasteiger partial charge is 0.393 e. The molecule has 4 atom stereocenters. The molecular formula is C52H55FN12O7. The Morgan fingerprint density at radius 2 is 1.35 bits per heavy atom. The predicted octanol–water partition coefficient (Wildman–Crippen LogP) is 4.89. The summed E-state index contributed by atoms with van der Waals surface area (Å²) in [5.41, 5.74) is 3.33. The minimum atomic E-state index is -0.687. The van der Waals surface area contributed by atoms with Crippen LogP contribution in [-0.2, 0) is 4.74 Å². The first-order valence-electron chi connectivity index (χ1n) is 24.5. The molecule has 0 aliphatic carbocycles. The summed E-state index contributed by atoms with van der Waals surface area (Å²) in [6.07, 6.45) is 7.97. The van der Waals surface area contributed by atoms with Gasteiger partial charge in [-0.2, -0.15) is 0 Å². The van der Waals surface area contributed by atoms with Gasteiger partial charge in [-0.05, 0) is 92.8 Å². The van der Waals surface area contributed by atoms with E-state index in [1.807, 2.05) is 29.2 Å². The van der Waals surface area contributed by atoms with Gasteiger partial charge >= 0.3 is 0 Å². The lowest BCUT2D eigenvalue weighted by Crippen LogP contribution is -2.55. The van der Waals surface area contributed by atoms with Crippen molar-refractivity contribution in [2.45, 2.75) is 56.5 Å². The summed E-state index contributed by atoms with van der Waals surface area (Å²) in [5, 5.41) is 38.9. The van der Waals surface area contributed by atoms with E-state index < -0.39 is 29.7 Å². The van der Waals surface area contributed by atoms with E-state index in [1.165, 1.54) is 24.4 Å². The van der Waals surface area contributed by atoms with Gasteiger partial charge in [0.1, 0.15) is 23.3 Å². The van der Waals surface area contributed by atoms with Crippen LogP contribution >= 0.6 is 0 Å². The number of benzene rings is 1. The van der Waals surface area contributed by atoms with Crippen LogP contribution in [0.15, 0.2) is 101 Å². The molecule has 6 aromatic heterocycles. The Kier molecular flexibility index (Phi) is 13.0. The highest BCUT2D eigenvalue weighted by Crippen LogP contribution is 2.34. The van der Waals surface area contributed by atoms with Gasteiger partial charge in [0.15, 0.2) is 0 Å². The van der Waals surface area contributed by atoms with Gasteiger partial charge in [0.05, 0.1) is 93.7 Å². The maximum absolute atomic E-state index is 15.9. The van der Waals surface area contributed by atoms with E-state index in [2.05, 4.69) is 40.4 Å². The fraction of sp³-hybridized carbons (Fsp3) is 0.365. The number of rotatable bonds is 10. The lowest BCUT2D eigenvalue weighted by molar-refractivity contribution is -0.0817. The molecule has 0 spiro atoms. The van der Waals surface area contributed by atoms with Gasteiger partial charge in [0.25, 0.3) is 17.0 Å². The number of hydrogen-bond donors (Lipinski definition) is 7. The molecular weight excluding hydrogens is 924 g/mol. The number of amides is 1. The molecule has 7 aromatic rings. The number of H-pyrrole nitrogens is 2. The molecule has 372 valence electrons. The number of aliphatic hydroxyl groups excluding tert-OH is 3. The van der Waals surface area contributed by atoms with Crippen LogP contribution in [0.2, 0.25) is 0 Å². The SMILES string of the molecule is O=C(c1ccc(F)c(-c2cc(Nc3ccc(N4CCC(O)CC4)cn3)c3c(=O)[nH]ccc3n2)c1)N1CCOC(C2CN(c3ccc(Nc4cc(N5CCC[C@@H](O)C5)nc5cc[nH]c(=O)c45)nc3)CCC2O)C1. The molecule has 1 amide bonds. The second kappa shape index (κ2) is 19.9. The molecule has 1 aromatic carbocycles. The van der Waals surface area contributed by atoms with E-state index in [1.54, 1.807) is 47.8 Å². The van der Waals surface area contributed by atoms with Crippen LogP contribution in [0.1, 0.15) is 42.5 Å². The molecule has 10 heterocycles. The molecule has 20 heteroatoms. The van der Waals surface area contributed by atoms with Crippen LogP contribution in [0.5, 0.6) is 0 Å². The van der Waals surface area contributed by atoms with Crippen molar-refractivity contribution < 1.29 is 29.2 Å². The Morgan fingerprint density at radius 1 is 0.681 bits per heavy atom. The van der Waals surface area contributed by atoms with Crippen LogP contribution in [0.4, 0.5) is 44.6 Å². The number of aromatic amines is 2. The fourth-order valence-corrected chi connectivity index (χ4v) is 10.5. The summed E-state index contributed by atoms with van der Waals surface area (Å²) in [6, 6.07) is 18.4. The highest BCUT2D eigenvalue weighted by molar-refractivity contribution is 5.98. The molecule has 3 unspecified atom stereocenters. The number of nitrogens with one attached hydrogen (secondary N) is 4. The van der Waals surface area contributed by atoms with Crippen molar-refractivity contribution in [3.05, 3.63) is 124 Å². The lowest BCUT2D eigenvalue weighted by atomic mass is 9.88. The smallest absolute Gasteiger partial charge is 0.259 e. The van der Waals surface area contributed by atoms with E-state index >= 15 is 4.39 Å². The fourth-order valence-electron chi connectivity index (χ4n) is 10.5. The summed E-state index contributed by atoms with van der Waals surface area (Å²) >= 11 is 0. The van der Waals surface area contributed by atoms with Crippen molar-refractivity contribution >= 4 is 67.9 Å². The average Bonchev–Trinajstić information content (AvgIpc) is 3.39. The Labute approximate surface area is 412 Å². The molecule has 11 rings (SSSR count). The number of piperidine rings is 3. The number of ether oxygens (including phenoxy) is 1. The molecule has 0 bridgehead atoms. The predicted molar refractivity (Wildman–Crippen MR) is 272 cm³/mol. The van der Waals surface area contributed by atoms with Gasteiger partial charge < -0.3 is 60.3 Å². The van der Waals surface area contributed by atoms with Crippen molar-refractivity contribution in [1.82, 2.24) is 34.8 Å². The Hall–Kier alpha value is -7.52.